The number of primary amides is 1. The van der Waals surface area contributed by atoms with Gasteiger partial charge in [-0.25, -0.2) is 0 Å². The molecule has 2 amide bonds. The highest BCUT2D eigenvalue weighted by Crippen LogP contribution is 2.04. The van der Waals surface area contributed by atoms with Gasteiger partial charge in [-0.3, -0.25) is 15.0 Å². The molecule has 5 nitrogen and oxygen atoms in total. The van der Waals surface area contributed by atoms with Crippen molar-refractivity contribution in [3.05, 3.63) is 42.5 Å². The number of benzene rings is 1. The Labute approximate surface area is 92.5 Å². The fourth-order valence-electron chi connectivity index (χ4n) is 0.961. The standard InChI is InChI=1S/C11H11N3O2/c12-9(6-7-10(13)15)11(16)14-8-4-2-1-3-5-8/h1-7,12H,(H2,13,15)(H,14,16)/b7-6-,12-9?. The van der Waals surface area contributed by atoms with E-state index in [4.69, 9.17) is 11.1 Å². The number of carbonyl (C=O) groups is 2. The van der Waals surface area contributed by atoms with Crippen LogP contribution in [-0.2, 0) is 9.59 Å². The molecule has 0 aliphatic rings. The fourth-order valence-corrected chi connectivity index (χ4v) is 0.961. The number of hydrogen-bond donors (Lipinski definition) is 3. The second kappa shape index (κ2) is 5.45. The second-order valence-corrected chi connectivity index (χ2v) is 2.97. The molecule has 1 rings (SSSR count). The van der Waals surface area contributed by atoms with Gasteiger partial charge in [0.05, 0.1) is 0 Å². The van der Waals surface area contributed by atoms with Crippen molar-refractivity contribution in [1.82, 2.24) is 0 Å². The van der Waals surface area contributed by atoms with Gasteiger partial charge in [0.15, 0.2) is 0 Å². The van der Waals surface area contributed by atoms with Gasteiger partial charge in [-0.15, -0.1) is 0 Å². The number of amides is 2. The molecule has 0 spiro atoms. The summed E-state index contributed by atoms with van der Waals surface area (Å²) in [5, 5.41) is 9.83. The van der Waals surface area contributed by atoms with Crippen molar-refractivity contribution in [2.24, 2.45) is 5.73 Å². The molecule has 0 saturated carbocycles. The number of hydrogen-bond acceptors (Lipinski definition) is 3. The van der Waals surface area contributed by atoms with Gasteiger partial charge in [0.25, 0.3) is 5.91 Å². The topological polar surface area (TPSA) is 96.0 Å². The van der Waals surface area contributed by atoms with Gasteiger partial charge < -0.3 is 11.1 Å². The molecule has 0 saturated heterocycles. The maximum atomic E-state index is 11.4. The third kappa shape index (κ3) is 3.75. The van der Waals surface area contributed by atoms with Gasteiger partial charge in [0.1, 0.15) is 5.71 Å². The Kier molecular flexibility index (Phi) is 3.97. The molecule has 1 aromatic rings. The molecule has 0 bridgehead atoms. The molecule has 0 heterocycles. The summed E-state index contributed by atoms with van der Waals surface area (Å²) in [5.74, 6) is -1.29. The predicted molar refractivity (Wildman–Crippen MR) is 61.1 cm³/mol. The van der Waals surface area contributed by atoms with Gasteiger partial charge in [0.2, 0.25) is 5.91 Å². The number of rotatable bonds is 4. The van der Waals surface area contributed by atoms with E-state index in [1.54, 1.807) is 24.3 Å². The van der Waals surface area contributed by atoms with Crippen LogP contribution < -0.4 is 11.1 Å². The normalized spacial score (nSPS) is 10.0. The molecule has 0 radical (unpaired) electrons. The van der Waals surface area contributed by atoms with Gasteiger partial charge in [-0.05, 0) is 18.2 Å². The number of carbonyl (C=O) groups excluding carboxylic acids is 2. The highest BCUT2D eigenvalue weighted by molar-refractivity contribution is 6.46. The Morgan fingerprint density at radius 1 is 1.19 bits per heavy atom. The molecule has 1 aromatic carbocycles. The first kappa shape index (κ1) is 11.6. The summed E-state index contributed by atoms with van der Waals surface area (Å²) in [6.07, 6.45) is 2.02. The van der Waals surface area contributed by atoms with Crippen LogP contribution in [0.1, 0.15) is 0 Å². The van der Waals surface area contributed by atoms with Gasteiger partial charge >= 0.3 is 0 Å². The maximum Gasteiger partial charge on any atom is 0.273 e. The number of para-hydroxylation sites is 1. The van der Waals surface area contributed by atoms with Crippen molar-refractivity contribution in [1.29, 1.82) is 5.41 Å². The first-order valence-electron chi connectivity index (χ1n) is 4.52. The van der Waals surface area contributed by atoms with E-state index in [0.717, 1.165) is 12.2 Å². The second-order valence-electron chi connectivity index (χ2n) is 2.97. The molecular formula is C11H11N3O2. The fraction of sp³-hybridized carbons (Fsp3) is 0. The number of anilines is 1. The Bertz CT molecular complexity index is 438. The summed E-state index contributed by atoms with van der Waals surface area (Å²) in [7, 11) is 0. The summed E-state index contributed by atoms with van der Waals surface area (Å²) < 4.78 is 0. The molecule has 4 N–H and O–H groups in total. The summed E-state index contributed by atoms with van der Waals surface area (Å²) in [5.41, 5.74) is 5.10. The minimum absolute atomic E-state index is 0.331. The highest BCUT2D eigenvalue weighted by Gasteiger charge is 2.05. The Morgan fingerprint density at radius 2 is 1.81 bits per heavy atom. The first-order valence-corrected chi connectivity index (χ1v) is 4.52. The van der Waals surface area contributed by atoms with Crippen molar-refractivity contribution in [3.8, 4) is 0 Å². The summed E-state index contributed by atoms with van der Waals surface area (Å²) in [4.78, 5) is 21.8. The zero-order chi connectivity index (χ0) is 12.0. The van der Waals surface area contributed by atoms with Gasteiger partial charge in [0, 0.05) is 11.8 Å². The van der Waals surface area contributed by atoms with E-state index in [2.05, 4.69) is 5.32 Å². The lowest BCUT2D eigenvalue weighted by atomic mass is 10.2. The van der Waals surface area contributed by atoms with Crippen LogP contribution in [0.4, 0.5) is 5.69 Å². The number of nitrogens with two attached hydrogens (primary N) is 1. The smallest absolute Gasteiger partial charge is 0.273 e. The monoisotopic (exact) mass is 217 g/mol. The van der Waals surface area contributed by atoms with E-state index in [1.165, 1.54) is 0 Å². The molecule has 0 aliphatic heterocycles. The molecule has 5 heteroatoms. The minimum Gasteiger partial charge on any atom is -0.366 e. The summed E-state index contributed by atoms with van der Waals surface area (Å²) >= 11 is 0. The van der Waals surface area contributed by atoms with E-state index in [9.17, 15) is 9.59 Å². The van der Waals surface area contributed by atoms with Crippen LogP contribution in [0.2, 0.25) is 0 Å². The third-order valence-electron chi connectivity index (χ3n) is 1.69. The lowest BCUT2D eigenvalue weighted by Gasteiger charge is -2.02. The largest absolute Gasteiger partial charge is 0.366 e. The molecule has 0 aromatic heterocycles. The Hall–Kier alpha value is -2.43. The highest BCUT2D eigenvalue weighted by atomic mass is 16.2. The van der Waals surface area contributed by atoms with Crippen LogP contribution in [0.15, 0.2) is 42.5 Å². The molecule has 16 heavy (non-hydrogen) atoms. The van der Waals surface area contributed by atoms with E-state index in [0.29, 0.717) is 5.69 Å². The molecule has 82 valence electrons. The summed E-state index contributed by atoms with van der Waals surface area (Å²) in [6.45, 7) is 0. The van der Waals surface area contributed by atoms with Crippen molar-refractivity contribution in [2.75, 3.05) is 5.32 Å². The van der Waals surface area contributed by atoms with Crippen molar-refractivity contribution < 1.29 is 9.59 Å². The van der Waals surface area contributed by atoms with Gasteiger partial charge in [-0.1, -0.05) is 18.2 Å². The zero-order valence-electron chi connectivity index (χ0n) is 8.44. The quantitative estimate of drug-likeness (QED) is 0.511. The van der Waals surface area contributed by atoms with E-state index in [-0.39, 0.29) is 5.71 Å². The van der Waals surface area contributed by atoms with Crippen molar-refractivity contribution in [3.63, 3.8) is 0 Å². The van der Waals surface area contributed by atoms with Crippen molar-refractivity contribution in [2.45, 2.75) is 0 Å². The molecule has 0 fully saturated rings. The van der Waals surface area contributed by atoms with E-state index < -0.39 is 11.8 Å². The lowest BCUT2D eigenvalue weighted by Crippen LogP contribution is -2.20. The lowest BCUT2D eigenvalue weighted by molar-refractivity contribution is -0.113. The average Bonchev–Trinajstić information content (AvgIpc) is 2.27. The van der Waals surface area contributed by atoms with Crippen molar-refractivity contribution >= 4 is 23.2 Å². The molecule has 0 unspecified atom stereocenters. The molecular weight excluding hydrogens is 206 g/mol. The van der Waals surface area contributed by atoms with Crippen LogP contribution in [0.25, 0.3) is 0 Å². The molecule has 0 aliphatic carbocycles. The maximum absolute atomic E-state index is 11.4. The number of nitrogens with one attached hydrogen (secondary N) is 2. The first-order chi connectivity index (χ1) is 7.59. The third-order valence-corrected chi connectivity index (χ3v) is 1.69. The van der Waals surface area contributed by atoms with Crippen LogP contribution in [0.5, 0.6) is 0 Å². The minimum atomic E-state index is -0.697. The predicted octanol–water partition coefficient (Wildman–Crippen LogP) is 0.686. The van der Waals surface area contributed by atoms with E-state index >= 15 is 0 Å². The van der Waals surface area contributed by atoms with E-state index in [1.807, 2.05) is 6.07 Å². The van der Waals surface area contributed by atoms with Crippen LogP contribution in [0.3, 0.4) is 0 Å². The summed E-state index contributed by atoms with van der Waals surface area (Å²) in [6, 6.07) is 8.73. The zero-order valence-corrected chi connectivity index (χ0v) is 8.44. The molecule has 0 atom stereocenters. The average molecular weight is 217 g/mol. The van der Waals surface area contributed by atoms with Gasteiger partial charge in [-0.2, -0.15) is 0 Å². The Balaban J connectivity index is 2.60. The Morgan fingerprint density at radius 3 is 2.38 bits per heavy atom. The van der Waals surface area contributed by atoms with Crippen LogP contribution in [-0.4, -0.2) is 17.5 Å². The van der Waals surface area contributed by atoms with Crippen LogP contribution in [0, 0.1) is 5.41 Å². The van der Waals surface area contributed by atoms with Crippen LogP contribution >= 0.6 is 0 Å². The SMILES string of the molecule is N=C(/C=C\C(N)=O)C(=O)Nc1ccccc1.